The van der Waals surface area contributed by atoms with E-state index in [1.807, 2.05) is 0 Å². The van der Waals surface area contributed by atoms with Gasteiger partial charge >= 0.3 is 0 Å². The second-order valence-electron chi connectivity index (χ2n) is 5.22. The molecule has 0 bridgehead atoms. The van der Waals surface area contributed by atoms with Crippen molar-refractivity contribution in [1.29, 1.82) is 0 Å². The lowest BCUT2D eigenvalue weighted by molar-refractivity contribution is 0.102. The molecule has 2 aromatic carbocycles. The first-order valence-electron chi connectivity index (χ1n) is 7.54. The second kappa shape index (κ2) is 7.79. The third-order valence-electron chi connectivity index (χ3n) is 3.41. The zero-order valence-corrected chi connectivity index (χ0v) is 14.4. The third kappa shape index (κ3) is 4.25. The minimum absolute atomic E-state index is 0.123. The molecule has 0 saturated carbocycles. The molecule has 0 spiro atoms. The molecule has 0 aliphatic heterocycles. The Morgan fingerprint density at radius 1 is 1.12 bits per heavy atom. The van der Waals surface area contributed by atoms with Gasteiger partial charge in [-0.3, -0.25) is 4.79 Å². The van der Waals surface area contributed by atoms with Crippen LogP contribution in [0, 0.1) is 5.82 Å². The summed E-state index contributed by atoms with van der Waals surface area (Å²) < 4.78 is 18.1. The van der Waals surface area contributed by atoms with E-state index < -0.39 is 5.91 Å². The van der Waals surface area contributed by atoms with Gasteiger partial charge in [0.1, 0.15) is 23.1 Å². The molecule has 0 radical (unpaired) electrons. The van der Waals surface area contributed by atoms with Gasteiger partial charge in [0, 0.05) is 10.7 Å². The number of ether oxygens (including phenoxy) is 1. The molecule has 1 amide bonds. The molecule has 0 unspecified atom stereocenters. The summed E-state index contributed by atoms with van der Waals surface area (Å²) in [6.45, 7) is 0. The van der Waals surface area contributed by atoms with E-state index in [1.54, 1.807) is 25.3 Å². The van der Waals surface area contributed by atoms with E-state index >= 15 is 0 Å². The van der Waals surface area contributed by atoms with Crippen molar-refractivity contribution < 1.29 is 13.9 Å². The Morgan fingerprint density at radius 3 is 2.54 bits per heavy atom. The van der Waals surface area contributed by atoms with Crippen LogP contribution in [0.1, 0.15) is 10.5 Å². The number of anilines is 3. The largest absolute Gasteiger partial charge is 0.495 e. The molecule has 0 aliphatic rings. The van der Waals surface area contributed by atoms with Crippen LogP contribution in [-0.2, 0) is 0 Å². The van der Waals surface area contributed by atoms with Crippen LogP contribution in [-0.4, -0.2) is 23.0 Å². The standard InChI is InChI=1S/C18H14ClFN4O2/c1-26-16-7-2-11(19)8-14(16)24-17-10-21-15(9-22-17)18(25)23-13-5-3-12(20)4-6-13/h2-10H,1H3,(H,22,24)(H,23,25). The fourth-order valence-electron chi connectivity index (χ4n) is 2.15. The summed E-state index contributed by atoms with van der Waals surface area (Å²) in [5.41, 5.74) is 1.21. The Hall–Kier alpha value is -3.19. The SMILES string of the molecule is COc1ccc(Cl)cc1Nc1cnc(C(=O)Nc2ccc(F)cc2)cn1. The van der Waals surface area contributed by atoms with Crippen LogP contribution in [0.5, 0.6) is 5.75 Å². The fourth-order valence-corrected chi connectivity index (χ4v) is 2.33. The van der Waals surface area contributed by atoms with Crippen molar-refractivity contribution in [2.24, 2.45) is 0 Å². The van der Waals surface area contributed by atoms with Gasteiger partial charge < -0.3 is 15.4 Å². The van der Waals surface area contributed by atoms with Crippen LogP contribution in [0.25, 0.3) is 0 Å². The molecule has 3 rings (SSSR count). The van der Waals surface area contributed by atoms with Gasteiger partial charge in [-0.25, -0.2) is 14.4 Å². The maximum absolute atomic E-state index is 12.9. The smallest absolute Gasteiger partial charge is 0.275 e. The predicted molar refractivity (Wildman–Crippen MR) is 97.7 cm³/mol. The highest BCUT2D eigenvalue weighted by atomic mass is 35.5. The number of amides is 1. The molecule has 3 aromatic rings. The first-order chi connectivity index (χ1) is 12.5. The van der Waals surface area contributed by atoms with Crippen molar-refractivity contribution in [2.75, 3.05) is 17.7 Å². The topological polar surface area (TPSA) is 76.1 Å². The second-order valence-corrected chi connectivity index (χ2v) is 5.65. The van der Waals surface area contributed by atoms with Crippen LogP contribution in [0.4, 0.5) is 21.6 Å². The van der Waals surface area contributed by atoms with E-state index in [1.165, 1.54) is 36.7 Å². The summed E-state index contributed by atoms with van der Waals surface area (Å²) in [6.07, 6.45) is 2.75. The summed E-state index contributed by atoms with van der Waals surface area (Å²) in [5, 5.41) is 6.18. The lowest BCUT2D eigenvalue weighted by Crippen LogP contribution is -2.14. The molecule has 132 valence electrons. The van der Waals surface area contributed by atoms with Gasteiger partial charge in [0.05, 0.1) is 25.2 Å². The van der Waals surface area contributed by atoms with E-state index in [2.05, 4.69) is 20.6 Å². The zero-order valence-electron chi connectivity index (χ0n) is 13.7. The van der Waals surface area contributed by atoms with E-state index in [-0.39, 0.29) is 11.5 Å². The molecule has 8 heteroatoms. The Bertz CT molecular complexity index is 917. The van der Waals surface area contributed by atoms with Crippen molar-refractivity contribution in [1.82, 2.24) is 9.97 Å². The average Bonchev–Trinajstić information content (AvgIpc) is 2.64. The van der Waals surface area contributed by atoms with Gasteiger partial charge in [0.2, 0.25) is 0 Å². The molecular formula is C18H14ClFN4O2. The minimum atomic E-state index is -0.448. The van der Waals surface area contributed by atoms with Crippen LogP contribution in [0.15, 0.2) is 54.9 Å². The number of aromatic nitrogens is 2. The maximum atomic E-state index is 12.9. The number of carbonyl (C=O) groups excluding carboxylic acids is 1. The van der Waals surface area contributed by atoms with Crippen LogP contribution < -0.4 is 15.4 Å². The molecule has 0 atom stereocenters. The van der Waals surface area contributed by atoms with E-state index in [4.69, 9.17) is 16.3 Å². The van der Waals surface area contributed by atoms with Crippen molar-refractivity contribution in [3.63, 3.8) is 0 Å². The van der Waals surface area contributed by atoms with Crippen molar-refractivity contribution in [3.05, 3.63) is 71.4 Å². The molecule has 2 N–H and O–H groups in total. The van der Waals surface area contributed by atoms with Crippen molar-refractivity contribution >= 4 is 34.7 Å². The molecule has 6 nitrogen and oxygen atoms in total. The summed E-state index contributed by atoms with van der Waals surface area (Å²) in [7, 11) is 1.54. The highest BCUT2D eigenvalue weighted by Gasteiger charge is 2.10. The van der Waals surface area contributed by atoms with Crippen molar-refractivity contribution in [2.45, 2.75) is 0 Å². The number of rotatable bonds is 5. The number of benzene rings is 2. The summed E-state index contributed by atoms with van der Waals surface area (Å²) in [4.78, 5) is 20.4. The Morgan fingerprint density at radius 2 is 1.88 bits per heavy atom. The number of nitrogens with one attached hydrogen (secondary N) is 2. The Labute approximate surface area is 154 Å². The number of hydrogen-bond donors (Lipinski definition) is 2. The molecule has 0 aliphatic carbocycles. The average molecular weight is 373 g/mol. The molecule has 0 fully saturated rings. The normalized spacial score (nSPS) is 10.3. The monoisotopic (exact) mass is 372 g/mol. The molecular weight excluding hydrogens is 359 g/mol. The number of halogens is 2. The molecule has 26 heavy (non-hydrogen) atoms. The van der Waals surface area contributed by atoms with E-state index in [9.17, 15) is 9.18 Å². The third-order valence-corrected chi connectivity index (χ3v) is 3.65. The molecule has 0 saturated heterocycles. The highest BCUT2D eigenvalue weighted by molar-refractivity contribution is 6.31. The van der Waals surface area contributed by atoms with Gasteiger partial charge in [-0.05, 0) is 42.5 Å². The van der Waals surface area contributed by atoms with Gasteiger partial charge in [-0.15, -0.1) is 0 Å². The van der Waals surface area contributed by atoms with E-state index in [0.29, 0.717) is 28.0 Å². The number of nitrogens with zero attached hydrogens (tertiary/aromatic N) is 2. The lowest BCUT2D eigenvalue weighted by atomic mass is 10.3. The first kappa shape index (κ1) is 17.6. The lowest BCUT2D eigenvalue weighted by Gasteiger charge is -2.11. The zero-order chi connectivity index (χ0) is 18.5. The molecule has 1 aromatic heterocycles. The maximum Gasteiger partial charge on any atom is 0.275 e. The van der Waals surface area contributed by atoms with Crippen LogP contribution in [0.3, 0.4) is 0 Å². The van der Waals surface area contributed by atoms with Gasteiger partial charge in [-0.1, -0.05) is 11.6 Å². The molecule has 1 heterocycles. The Balaban J connectivity index is 1.71. The van der Waals surface area contributed by atoms with Crippen molar-refractivity contribution in [3.8, 4) is 5.75 Å². The fraction of sp³-hybridized carbons (Fsp3) is 0.0556. The first-order valence-corrected chi connectivity index (χ1v) is 7.92. The predicted octanol–water partition coefficient (Wildman–Crippen LogP) is 4.27. The number of methoxy groups -OCH3 is 1. The van der Waals surface area contributed by atoms with E-state index in [0.717, 1.165) is 0 Å². The number of hydrogen-bond acceptors (Lipinski definition) is 5. The van der Waals surface area contributed by atoms with Gasteiger partial charge in [0.25, 0.3) is 5.91 Å². The Kier molecular flexibility index (Phi) is 5.28. The number of carbonyl (C=O) groups is 1. The van der Waals surface area contributed by atoms with Crippen LogP contribution in [0.2, 0.25) is 5.02 Å². The highest BCUT2D eigenvalue weighted by Crippen LogP contribution is 2.29. The van der Waals surface area contributed by atoms with Gasteiger partial charge in [-0.2, -0.15) is 0 Å². The summed E-state index contributed by atoms with van der Waals surface area (Å²) in [5.74, 6) is 0.184. The quantitative estimate of drug-likeness (QED) is 0.699. The minimum Gasteiger partial charge on any atom is -0.495 e. The van der Waals surface area contributed by atoms with Gasteiger partial charge in [0.15, 0.2) is 0 Å². The summed E-state index contributed by atoms with van der Waals surface area (Å²) in [6, 6.07) is 10.6. The van der Waals surface area contributed by atoms with Crippen LogP contribution >= 0.6 is 11.6 Å². The summed E-state index contributed by atoms with van der Waals surface area (Å²) >= 11 is 5.99.